The molecule has 0 aromatic rings. The third kappa shape index (κ3) is 1.73. The van der Waals surface area contributed by atoms with E-state index in [-0.39, 0.29) is 0 Å². The van der Waals surface area contributed by atoms with E-state index in [4.69, 9.17) is 20.4 Å². The second kappa shape index (κ2) is 3.83. The van der Waals surface area contributed by atoms with Gasteiger partial charge >= 0.3 is 23.5 Å². The highest BCUT2D eigenvalue weighted by atomic mass is 16.6. The molecule has 8 nitrogen and oxygen atoms in total. The van der Waals surface area contributed by atoms with Crippen molar-refractivity contribution in [3.8, 4) is 0 Å². The number of aliphatic carboxylic acids is 3. The quantitative estimate of drug-likeness (QED) is 0.289. The molecule has 0 heterocycles. The van der Waals surface area contributed by atoms with Crippen LogP contribution in [0.1, 0.15) is 0 Å². The molecule has 0 spiro atoms. The van der Waals surface area contributed by atoms with E-state index in [1.165, 1.54) is 0 Å². The molecule has 0 rings (SSSR count). The Morgan fingerprint density at radius 1 is 1.00 bits per heavy atom. The molecule has 0 radical (unpaired) electrons. The van der Waals surface area contributed by atoms with Crippen LogP contribution in [0.3, 0.4) is 0 Å². The standard InChI is InChI=1S/C5H6O8/c6-1-13-5(2(7)8,3(9)10)4(11)12/h6H,1H2,(H,7,8)(H,9,10)(H,11,12). The number of aliphatic hydroxyl groups is 1. The van der Waals surface area contributed by atoms with E-state index >= 15 is 0 Å². The first-order valence-electron chi connectivity index (χ1n) is 2.84. The summed E-state index contributed by atoms with van der Waals surface area (Å²) in [6.07, 6.45) is 0. The molecule has 0 aliphatic carbocycles. The maximum Gasteiger partial charge on any atom is 0.361 e. The van der Waals surface area contributed by atoms with Gasteiger partial charge in [0.1, 0.15) is 6.79 Å². The summed E-state index contributed by atoms with van der Waals surface area (Å²) in [5.74, 6) is -6.66. The normalized spacial score (nSPS) is 10.8. The minimum absolute atomic E-state index is 1.33. The smallest absolute Gasteiger partial charge is 0.361 e. The van der Waals surface area contributed by atoms with Gasteiger partial charge < -0.3 is 25.2 Å². The van der Waals surface area contributed by atoms with Crippen molar-refractivity contribution in [3.05, 3.63) is 0 Å². The topological polar surface area (TPSA) is 141 Å². The predicted molar refractivity (Wildman–Crippen MR) is 33.8 cm³/mol. The van der Waals surface area contributed by atoms with E-state index in [0.29, 0.717) is 0 Å². The molecular formula is C5H6O8. The number of carboxylic acid groups (broad SMARTS) is 3. The zero-order valence-corrected chi connectivity index (χ0v) is 6.13. The molecule has 0 atom stereocenters. The lowest BCUT2D eigenvalue weighted by molar-refractivity contribution is -0.203. The van der Waals surface area contributed by atoms with Crippen molar-refractivity contribution in [1.29, 1.82) is 0 Å². The summed E-state index contributed by atoms with van der Waals surface area (Å²) >= 11 is 0. The number of rotatable bonds is 5. The summed E-state index contributed by atoms with van der Waals surface area (Å²) in [7, 11) is 0. The van der Waals surface area contributed by atoms with Crippen molar-refractivity contribution in [2.24, 2.45) is 0 Å². The van der Waals surface area contributed by atoms with Crippen molar-refractivity contribution >= 4 is 17.9 Å². The van der Waals surface area contributed by atoms with Crippen LogP contribution in [-0.2, 0) is 19.1 Å². The third-order valence-corrected chi connectivity index (χ3v) is 1.18. The first kappa shape index (κ1) is 11.3. The summed E-state index contributed by atoms with van der Waals surface area (Å²) in [5, 5.41) is 33.0. The molecule has 0 aliphatic rings. The second-order valence-corrected chi connectivity index (χ2v) is 1.87. The molecule has 74 valence electrons. The fourth-order valence-corrected chi connectivity index (χ4v) is 0.556. The van der Waals surface area contributed by atoms with Crippen LogP contribution in [-0.4, -0.2) is 50.7 Å². The average Bonchev–Trinajstić information content (AvgIpc) is 1.97. The molecule has 0 fully saturated rings. The maximum atomic E-state index is 10.3. The minimum Gasteiger partial charge on any atom is -0.478 e. The van der Waals surface area contributed by atoms with Crippen LogP contribution in [0.4, 0.5) is 0 Å². The van der Waals surface area contributed by atoms with E-state index in [2.05, 4.69) is 4.74 Å². The largest absolute Gasteiger partial charge is 0.478 e. The van der Waals surface area contributed by atoms with E-state index in [0.717, 1.165) is 0 Å². The van der Waals surface area contributed by atoms with Crippen molar-refractivity contribution in [1.82, 2.24) is 0 Å². The first-order chi connectivity index (χ1) is 5.89. The van der Waals surface area contributed by atoms with Gasteiger partial charge in [0.05, 0.1) is 0 Å². The zero-order valence-electron chi connectivity index (χ0n) is 6.13. The van der Waals surface area contributed by atoms with Crippen molar-refractivity contribution in [2.45, 2.75) is 5.60 Å². The highest BCUT2D eigenvalue weighted by Gasteiger charge is 2.56. The van der Waals surface area contributed by atoms with Crippen molar-refractivity contribution in [3.63, 3.8) is 0 Å². The van der Waals surface area contributed by atoms with Gasteiger partial charge in [-0.1, -0.05) is 0 Å². The number of carbonyl (C=O) groups is 3. The molecule has 0 aromatic heterocycles. The first-order valence-corrected chi connectivity index (χ1v) is 2.84. The Morgan fingerprint density at radius 3 is 1.38 bits per heavy atom. The van der Waals surface area contributed by atoms with Crippen molar-refractivity contribution < 1.29 is 39.5 Å². The lowest BCUT2D eigenvalue weighted by atomic mass is 10.1. The van der Waals surface area contributed by atoms with Gasteiger partial charge in [-0.25, -0.2) is 14.4 Å². The minimum atomic E-state index is -3.45. The number of hydrogen-bond acceptors (Lipinski definition) is 5. The Bertz CT molecular complexity index is 207. The second-order valence-electron chi connectivity index (χ2n) is 1.87. The number of hydrogen-bond donors (Lipinski definition) is 4. The van der Waals surface area contributed by atoms with Crippen LogP contribution in [0.25, 0.3) is 0 Å². The SMILES string of the molecule is O=C(O)C(OCO)(C(=O)O)C(=O)O. The van der Waals surface area contributed by atoms with E-state index in [1.54, 1.807) is 0 Å². The summed E-state index contributed by atoms with van der Waals surface area (Å²) in [4.78, 5) is 30.9. The van der Waals surface area contributed by atoms with Gasteiger partial charge in [-0.05, 0) is 0 Å². The Balaban J connectivity index is 5.18. The molecule has 0 saturated carbocycles. The van der Waals surface area contributed by atoms with E-state index in [9.17, 15) is 14.4 Å². The lowest BCUT2D eigenvalue weighted by Crippen LogP contribution is -2.55. The average molecular weight is 194 g/mol. The third-order valence-electron chi connectivity index (χ3n) is 1.18. The van der Waals surface area contributed by atoms with Gasteiger partial charge in [0.25, 0.3) is 0 Å². The van der Waals surface area contributed by atoms with Crippen LogP contribution in [0.15, 0.2) is 0 Å². The number of carboxylic acids is 3. The van der Waals surface area contributed by atoms with Gasteiger partial charge in [-0.2, -0.15) is 0 Å². The van der Waals surface area contributed by atoms with Crippen LogP contribution < -0.4 is 0 Å². The monoisotopic (exact) mass is 194 g/mol. The Labute approximate surface area is 71.0 Å². The lowest BCUT2D eigenvalue weighted by Gasteiger charge is -2.18. The summed E-state index contributed by atoms with van der Waals surface area (Å²) in [6.45, 7) is -1.33. The Hall–Kier alpha value is -1.67. The zero-order chi connectivity index (χ0) is 10.6. The van der Waals surface area contributed by atoms with Gasteiger partial charge in [-0.3, -0.25) is 0 Å². The molecule has 8 heteroatoms. The van der Waals surface area contributed by atoms with Gasteiger partial charge in [0.2, 0.25) is 0 Å². The molecule has 13 heavy (non-hydrogen) atoms. The van der Waals surface area contributed by atoms with E-state index in [1.807, 2.05) is 0 Å². The van der Waals surface area contributed by atoms with Crippen LogP contribution >= 0.6 is 0 Å². The molecule has 0 aliphatic heterocycles. The molecule has 0 amide bonds. The highest BCUT2D eigenvalue weighted by molar-refractivity contribution is 6.20. The number of aliphatic hydroxyl groups excluding tert-OH is 1. The van der Waals surface area contributed by atoms with Gasteiger partial charge in [0, 0.05) is 0 Å². The highest BCUT2D eigenvalue weighted by Crippen LogP contribution is 2.12. The van der Waals surface area contributed by atoms with Crippen LogP contribution in [0.5, 0.6) is 0 Å². The Morgan fingerprint density at radius 2 is 1.31 bits per heavy atom. The molecular weight excluding hydrogens is 188 g/mol. The van der Waals surface area contributed by atoms with Crippen LogP contribution in [0, 0.1) is 0 Å². The summed E-state index contributed by atoms with van der Waals surface area (Å²) in [5.41, 5.74) is -3.45. The fourth-order valence-electron chi connectivity index (χ4n) is 0.556. The summed E-state index contributed by atoms with van der Waals surface area (Å²) < 4.78 is 3.77. The molecule has 0 unspecified atom stereocenters. The number of ether oxygens (including phenoxy) is 1. The summed E-state index contributed by atoms with van der Waals surface area (Å²) in [6, 6.07) is 0. The molecule has 4 N–H and O–H groups in total. The maximum absolute atomic E-state index is 10.3. The Kier molecular flexibility index (Phi) is 3.33. The molecule has 0 bridgehead atoms. The van der Waals surface area contributed by atoms with Crippen molar-refractivity contribution in [2.75, 3.05) is 6.79 Å². The fraction of sp³-hybridized carbons (Fsp3) is 0.400. The van der Waals surface area contributed by atoms with Crippen LogP contribution in [0.2, 0.25) is 0 Å². The molecule has 0 saturated heterocycles. The van der Waals surface area contributed by atoms with Gasteiger partial charge in [-0.15, -0.1) is 0 Å². The molecule has 0 aromatic carbocycles. The van der Waals surface area contributed by atoms with Gasteiger partial charge in [0.15, 0.2) is 0 Å². The predicted octanol–water partition coefficient (Wildman–Crippen LogP) is -2.05. The van der Waals surface area contributed by atoms with E-state index < -0.39 is 30.3 Å².